The number of carbonyl (C=O) groups is 16. The molecule has 40 heteroatoms. The number of nitrogens with two attached hydrogens (primary N) is 6. The van der Waals surface area contributed by atoms with Gasteiger partial charge in [-0.3, -0.25) is 77.3 Å². The van der Waals surface area contributed by atoms with Crippen molar-refractivity contribution in [2.45, 2.75) is 248 Å². The minimum atomic E-state index is -1.86. The highest BCUT2D eigenvalue weighted by Gasteiger charge is 2.44. The molecular weight excluding hydrogens is 1440 g/mol. The third-order valence-electron chi connectivity index (χ3n) is 18.6. The van der Waals surface area contributed by atoms with Crippen LogP contribution in [-0.4, -0.2) is 249 Å². The first-order chi connectivity index (χ1) is 51.9. The number of likely N-dealkylation sites (tertiary alicyclic amines) is 2. The van der Waals surface area contributed by atoms with Gasteiger partial charge in [0.1, 0.15) is 78.3 Å². The number of nitrogens with one attached hydrogen (secondary N) is 12. The number of unbranched alkanes of at least 4 members (excludes halogenated alkanes) is 3. The average Bonchev–Trinajstić information content (AvgIpc) is 1.62. The van der Waals surface area contributed by atoms with Gasteiger partial charge in [-0.1, -0.05) is 39.8 Å². The smallest absolute Gasteiger partial charge is 0.326 e. The molecule has 0 aromatic heterocycles. The van der Waals surface area contributed by atoms with Crippen molar-refractivity contribution in [2.24, 2.45) is 46.2 Å². The van der Waals surface area contributed by atoms with Crippen molar-refractivity contribution in [3.8, 4) is 5.75 Å². The summed E-state index contributed by atoms with van der Waals surface area (Å²) in [4.78, 5) is 221. The number of hydrogen-bond donors (Lipinski definition) is 22. The minimum absolute atomic E-state index is 0.00832. The van der Waals surface area contributed by atoms with Gasteiger partial charge in [0, 0.05) is 38.9 Å². The Kier molecular flexibility index (Phi) is 41.2. The molecule has 1 aromatic rings. The third-order valence-corrected chi connectivity index (χ3v) is 18.6. The summed E-state index contributed by atoms with van der Waals surface area (Å²) in [6.07, 6.45) is -0.303. The fourth-order valence-corrected chi connectivity index (χ4v) is 12.3. The molecule has 40 nitrogen and oxygen atoms in total. The van der Waals surface area contributed by atoms with Crippen molar-refractivity contribution >= 4 is 101 Å². The number of phenolic OH excluding ortho intramolecular Hbond substituents is 1. The van der Waals surface area contributed by atoms with Crippen LogP contribution in [0.5, 0.6) is 5.75 Å². The maximum absolute atomic E-state index is 14.8. The first kappa shape index (κ1) is 93.9. The van der Waals surface area contributed by atoms with E-state index in [9.17, 15) is 97.1 Å². The van der Waals surface area contributed by atoms with Crippen LogP contribution in [0.25, 0.3) is 0 Å². The number of benzene rings is 1. The zero-order chi connectivity index (χ0) is 82.5. The second-order valence-corrected chi connectivity index (χ2v) is 28.2. The average molecular weight is 1560 g/mol. The van der Waals surface area contributed by atoms with Crippen molar-refractivity contribution < 1.29 is 97.1 Å². The van der Waals surface area contributed by atoms with Crippen LogP contribution in [0.15, 0.2) is 24.3 Å². The lowest BCUT2D eigenvalue weighted by Crippen LogP contribution is -2.61. The molecule has 2 fully saturated rings. The molecule has 13 atom stereocenters. The molecule has 0 radical (unpaired) electrons. The number of carboxylic acids is 3. The molecule has 2 saturated heterocycles. The standard InChI is InChI=1S/C70H116N20O20/c1-37(2)55(87-63(103)49(36-54(95)96)85-61(101)43(16-6-9-29-71)80-58(98)42(74)15-12-32-78-70(76)77)66(106)86-48(35-40-21-23-41(91)24-22-40)62(102)81-44(17-7-10-30-72)60(100)83-46(26-28-53(93)94)67(107)89-33-13-20-51(89)65(105)88-56(38(3)4)68(108)90-34-14-19-50(90)64(104)82-45(25-27-52(75)92)59(99)79-39(5)57(97)84-47(69(109)110)18-8-11-31-73/h21-24,37-39,42-51,55-56,91H,6-20,25-36,71-74H2,1-5H3,(H2,75,92)(H,79,99)(H,80,98)(H,81,102)(H,82,104)(H,83,100)(H,84,97)(H,85,101)(H,86,106)(H,87,103)(H,88,105)(H,93,94)(H,95,96)(H,109,110)(H4,76,77,78)/t39-,42-,43-,44-,45-,46-,47-,48-,49-,50-,51-,55-,56-/m0/s1. The Labute approximate surface area is 638 Å². The van der Waals surface area contributed by atoms with Gasteiger partial charge >= 0.3 is 17.9 Å². The fourth-order valence-electron chi connectivity index (χ4n) is 12.3. The molecular formula is C70H116N20O20. The Morgan fingerprint density at radius 3 is 1.41 bits per heavy atom. The van der Waals surface area contributed by atoms with Crippen molar-refractivity contribution in [2.75, 3.05) is 39.3 Å². The number of carbonyl (C=O) groups excluding carboxylic acids is 13. The molecule has 616 valence electrons. The van der Waals surface area contributed by atoms with Crippen LogP contribution in [0.2, 0.25) is 0 Å². The van der Waals surface area contributed by atoms with Gasteiger partial charge in [-0.25, -0.2) is 4.79 Å². The van der Waals surface area contributed by atoms with Gasteiger partial charge in [0.2, 0.25) is 76.8 Å². The van der Waals surface area contributed by atoms with Gasteiger partial charge in [-0.15, -0.1) is 0 Å². The Hall–Kier alpha value is -10.3. The van der Waals surface area contributed by atoms with Crippen LogP contribution in [0.3, 0.4) is 0 Å². The number of guanidine groups is 1. The largest absolute Gasteiger partial charge is 0.508 e. The number of nitrogens with zero attached hydrogens (tertiary/aromatic N) is 2. The highest BCUT2D eigenvalue weighted by Crippen LogP contribution is 2.25. The normalized spacial score (nSPS) is 17.0. The lowest BCUT2D eigenvalue weighted by molar-refractivity contribution is -0.145. The molecule has 1 aromatic carbocycles. The summed E-state index contributed by atoms with van der Waals surface area (Å²) in [5, 5.41) is 74.8. The topological polar surface area (TPSA) is 673 Å². The summed E-state index contributed by atoms with van der Waals surface area (Å²) in [6, 6.07) is -13.3. The molecule has 3 rings (SSSR count). The number of aromatic hydroxyl groups is 1. The van der Waals surface area contributed by atoms with E-state index in [1.807, 2.05) is 0 Å². The first-order valence-corrected chi connectivity index (χ1v) is 37.3. The van der Waals surface area contributed by atoms with E-state index in [0.717, 1.165) is 4.90 Å². The highest BCUT2D eigenvalue weighted by atomic mass is 16.4. The van der Waals surface area contributed by atoms with Gasteiger partial charge in [-0.2, -0.15) is 0 Å². The highest BCUT2D eigenvalue weighted by molar-refractivity contribution is 6.01. The van der Waals surface area contributed by atoms with Crippen LogP contribution in [0.4, 0.5) is 0 Å². The van der Waals surface area contributed by atoms with E-state index in [4.69, 9.17) is 39.8 Å². The van der Waals surface area contributed by atoms with E-state index >= 15 is 0 Å². The van der Waals surface area contributed by atoms with Crippen molar-refractivity contribution in [3.63, 3.8) is 0 Å². The van der Waals surface area contributed by atoms with Gasteiger partial charge in [0.05, 0.1) is 12.5 Å². The second kappa shape index (κ2) is 48.2. The molecule has 13 amide bonds. The fraction of sp³-hybridized carbons (Fsp3) is 0.671. The quantitative estimate of drug-likeness (QED) is 0.0165. The molecule has 0 aliphatic carbocycles. The number of carboxylic acid groups (broad SMARTS) is 3. The van der Waals surface area contributed by atoms with Crippen molar-refractivity contribution in [1.82, 2.24) is 68.3 Å². The van der Waals surface area contributed by atoms with Crippen LogP contribution >= 0.6 is 0 Å². The van der Waals surface area contributed by atoms with E-state index in [-0.39, 0.29) is 115 Å². The first-order valence-electron chi connectivity index (χ1n) is 37.3. The Bertz CT molecular complexity index is 3330. The van der Waals surface area contributed by atoms with Crippen LogP contribution in [-0.2, 0) is 83.1 Å². The molecule has 110 heavy (non-hydrogen) atoms. The second-order valence-electron chi connectivity index (χ2n) is 28.2. The van der Waals surface area contributed by atoms with Crippen LogP contribution in [0.1, 0.15) is 169 Å². The molecule has 2 aliphatic heterocycles. The van der Waals surface area contributed by atoms with Gasteiger partial charge < -0.3 is 123 Å². The zero-order valence-electron chi connectivity index (χ0n) is 63.2. The minimum Gasteiger partial charge on any atom is -0.508 e. The van der Waals surface area contributed by atoms with E-state index in [1.165, 1.54) is 49.9 Å². The van der Waals surface area contributed by atoms with E-state index in [2.05, 4.69) is 58.5 Å². The molecule has 28 N–H and O–H groups in total. The Morgan fingerprint density at radius 1 is 0.464 bits per heavy atom. The van der Waals surface area contributed by atoms with E-state index in [1.54, 1.807) is 13.8 Å². The lowest BCUT2D eigenvalue weighted by atomic mass is 9.99. The number of phenols is 1. The van der Waals surface area contributed by atoms with Gasteiger partial charge in [-0.05, 0) is 165 Å². The molecule has 0 spiro atoms. The van der Waals surface area contributed by atoms with Crippen molar-refractivity contribution in [1.29, 1.82) is 5.41 Å². The van der Waals surface area contributed by atoms with Gasteiger partial charge in [0.25, 0.3) is 0 Å². The summed E-state index contributed by atoms with van der Waals surface area (Å²) in [5.41, 5.74) is 34.2. The SMILES string of the molecule is CC(C)[C@H](NC(=O)[C@H](CC(=O)O)NC(=O)[C@H](CCCCN)NC(=O)[C@@H](N)CCCNC(=N)N)C(=O)N[C@@H](Cc1ccc(O)cc1)C(=O)N[C@@H](CCCCN)C(=O)N[C@@H](CCC(=O)O)C(=O)N1CCC[C@H]1C(=O)N[C@H](C(=O)N1CCC[C@H]1C(=O)N[C@@H](CCC(N)=O)C(=O)N[C@@H](C)C(=O)N[C@@H](CCCCN)C(=O)O)C(C)C. The predicted octanol–water partition coefficient (Wildman–Crippen LogP) is -5.24. The summed E-state index contributed by atoms with van der Waals surface area (Å²) in [5.74, 6) is -18.0. The monoisotopic (exact) mass is 1560 g/mol. The van der Waals surface area contributed by atoms with Crippen molar-refractivity contribution in [3.05, 3.63) is 29.8 Å². The molecule has 0 unspecified atom stereocenters. The molecule has 2 aliphatic rings. The third kappa shape index (κ3) is 32.5. The summed E-state index contributed by atoms with van der Waals surface area (Å²) < 4.78 is 0. The molecule has 0 bridgehead atoms. The summed E-state index contributed by atoms with van der Waals surface area (Å²) in [7, 11) is 0. The van der Waals surface area contributed by atoms with Crippen LogP contribution < -0.4 is 92.9 Å². The maximum atomic E-state index is 14.8. The predicted molar refractivity (Wildman–Crippen MR) is 397 cm³/mol. The Balaban J connectivity index is 1.92. The van der Waals surface area contributed by atoms with E-state index < -0.39 is 211 Å². The summed E-state index contributed by atoms with van der Waals surface area (Å²) >= 11 is 0. The zero-order valence-corrected chi connectivity index (χ0v) is 63.2. The number of rotatable bonds is 51. The van der Waals surface area contributed by atoms with Gasteiger partial charge in [0.15, 0.2) is 5.96 Å². The maximum Gasteiger partial charge on any atom is 0.326 e. The number of aliphatic carboxylic acids is 3. The summed E-state index contributed by atoms with van der Waals surface area (Å²) in [6.45, 7) is 8.30. The number of amides is 13. The Morgan fingerprint density at radius 2 is 0.909 bits per heavy atom. The molecule has 0 saturated carbocycles. The number of hydrogen-bond acceptors (Lipinski definition) is 22. The van der Waals surface area contributed by atoms with E-state index in [0.29, 0.717) is 50.6 Å². The lowest BCUT2D eigenvalue weighted by Gasteiger charge is -2.33. The van der Waals surface area contributed by atoms with Crippen LogP contribution in [0, 0.1) is 17.2 Å². The number of primary amides is 1. The molecule has 2 heterocycles.